The number of anilines is 4. The normalized spacial score (nSPS) is 11.3. The zero-order valence-electron chi connectivity index (χ0n) is 29.6. The van der Waals surface area contributed by atoms with Crippen molar-refractivity contribution in [1.29, 1.82) is 0 Å². The highest BCUT2D eigenvalue weighted by atomic mass is 15.0. The molecule has 0 aliphatic carbocycles. The Morgan fingerprint density at radius 3 is 1.22 bits per heavy atom. The van der Waals surface area contributed by atoms with Gasteiger partial charge in [-0.1, -0.05) is 176 Å². The number of para-hydroxylation sites is 3. The molecule has 0 radical (unpaired) electrons. The molecular formula is C52H36N2. The minimum absolute atomic E-state index is 0.993. The van der Waals surface area contributed by atoms with Crippen LogP contribution < -0.4 is 10.6 Å². The van der Waals surface area contributed by atoms with E-state index in [1.807, 2.05) is 0 Å². The first kappa shape index (κ1) is 31.6. The summed E-state index contributed by atoms with van der Waals surface area (Å²) in [5.41, 5.74) is 11.1. The van der Waals surface area contributed by atoms with E-state index in [1.165, 1.54) is 54.2 Å². The first-order valence-corrected chi connectivity index (χ1v) is 18.5. The lowest BCUT2D eigenvalue weighted by Crippen LogP contribution is -2.02. The fourth-order valence-corrected chi connectivity index (χ4v) is 8.14. The first-order valence-electron chi connectivity index (χ1n) is 18.5. The SMILES string of the molecule is c1ccc(-c2cccc(Nc3ccccc3-c3cc4ccccc4c4ccccc34)c2Nc2ccccc2-c2cc3ccccc3c3ccccc23)cc1. The van der Waals surface area contributed by atoms with Gasteiger partial charge in [0.2, 0.25) is 0 Å². The predicted octanol–water partition coefficient (Wildman–Crippen LogP) is 14.8. The Morgan fingerprint density at radius 1 is 0.241 bits per heavy atom. The molecule has 0 spiro atoms. The summed E-state index contributed by atoms with van der Waals surface area (Å²) in [6.45, 7) is 0. The van der Waals surface area contributed by atoms with E-state index in [-0.39, 0.29) is 0 Å². The van der Waals surface area contributed by atoms with Crippen LogP contribution in [0.2, 0.25) is 0 Å². The first-order chi connectivity index (χ1) is 26.8. The Morgan fingerprint density at radius 2 is 0.648 bits per heavy atom. The van der Waals surface area contributed by atoms with Crippen molar-refractivity contribution >= 4 is 65.8 Å². The van der Waals surface area contributed by atoms with Gasteiger partial charge in [-0.2, -0.15) is 0 Å². The molecule has 10 aromatic carbocycles. The summed E-state index contributed by atoms with van der Waals surface area (Å²) in [6.07, 6.45) is 0. The molecule has 10 rings (SSSR count). The van der Waals surface area contributed by atoms with Gasteiger partial charge < -0.3 is 10.6 Å². The van der Waals surface area contributed by atoms with Gasteiger partial charge in [0.1, 0.15) is 0 Å². The lowest BCUT2D eigenvalue weighted by atomic mass is 9.92. The summed E-state index contributed by atoms with van der Waals surface area (Å²) in [6, 6.07) is 74.1. The molecule has 10 aromatic rings. The van der Waals surface area contributed by atoms with Crippen molar-refractivity contribution in [1.82, 2.24) is 0 Å². The largest absolute Gasteiger partial charge is 0.353 e. The summed E-state index contributed by atoms with van der Waals surface area (Å²) in [7, 11) is 0. The molecule has 0 atom stereocenters. The molecule has 54 heavy (non-hydrogen) atoms. The average molecular weight is 689 g/mol. The topological polar surface area (TPSA) is 24.1 Å². The van der Waals surface area contributed by atoms with E-state index in [9.17, 15) is 0 Å². The van der Waals surface area contributed by atoms with Crippen molar-refractivity contribution in [3.05, 3.63) is 206 Å². The zero-order valence-corrected chi connectivity index (χ0v) is 29.6. The molecule has 2 heteroatoms. The summed E-state index contributed by atoms with van der Waals surface area (Å²) in [5.74, 6) is 0. The van der Waals surface area contributed by atoms with Gasteiger partial charge in [0.25, 0.3) is 0 Å². The summed E-state index contributed by atoms with van der Waals surface area (Å²) >= 11 is 0. The fraction of sp³-hybridized carbons (Fsp3) is 0. The van der Waals surface area contributed by atoms with Gasteiger partial charge in [-0.05, 0) is 90.1 Å². The number of rotatable bonds is 7. The maximum Gasteiger partial charge on any atom is 0.0703 e. The van der Waals surface area contributed by atoms with Crippen molar-refractivity contribution in [2.45, 2.75) is 0 Å². The molecule has 2 N–H and O–H groups in total. The second-order valence-corrected chi connectivity index (χ2v) is 13.8. The van der Waals surface area contributed by atoms with Crippen LogP contribution in [0.1, 0.15) is 0 Å². The average Bonchev–Trinajstić information content (AvgIpc) is 3.24. The van der Waals surface area contributed by atoms with Crippen LogP contribution in [0, 0.1) is 0 Å². The van der Waals surface area contributed by atoms with Gasteiger partial charge >= 0.3 is 0 Å². The minimum atomic E-state index is 0.993. The molecule has 0 aliphatic rings. The Kier molecular flexibility index (Phi) is 7.85. The van der Waals surface area contributed by atoms with Gasteiger partial charge in [0, 0.05) is 28.1 Å². The maximum absolute atomic E-state index is 3.99. The quantitative estimate of drug-likeness (QED) is 0.163. The molecule has 0 aliphatic heterocycles. The monoisotopic (exact) mass is 688 g/mol. The van der Waals surface area contributed by atoms with E-state index >= 15 is 0 Å². The van der Waals surface area contributed by atoms with E-state index in [0.717, 1.165) is 45.0 Å². The van der Waals surface area contributed by atoms with Crippen molar-refractivity contribution in [2.75, 3.05) is 10.6 Å². The van der Waals surface area contributed by atoms with Crippen LogP contribution in [-0.2, 0) is 0 Å². The fourth-order valence-electron chi connectivity index (χ4n) is 8.14. The Balaban J connectivity index is 1.14. The van der Waals surface area contributed by atoms with E-state index in [4.69, 9.17) is 0 Å². The highest BCUT2D eigenvalue weighted by molar-refractivity contribution is 6.16. The zero-order chi connectivity index (χ0) is 35.8. The number of fused-ring (bicyclic) bond motifs is 6. The number of nitrogens with one attached hydrogen (secondary N) is 2. The van der Waals surface area contributed by atoms with Gasteiger partial charge in [0.15, 0.2) is 0 Å². The van der Waals surface area contributed by atoms with Crippen molar-refractivity contribution in [3.8, 4) is 33.4 Å². The second kappa shape index (κ2) is 13.4. The van der Waals surface area contributed by atoms with Crippen LogP contribution >= 0.6 is 0 Å². The Labute approximate surface area is 315 Å². The standard InChI is InChI=1S/C52H36N2/c1-2-17-35(18-3-1)40-29-16-32-51(53-49-30-14-12-27-45(49)47-33-36-19-4-6-21-38(36)41-23-8-10-25-43(41)47)52(40)54-50-31-15-13-28-46(50)48-34-37-20-5-7-22-39(37)42-24-9-11-26-44(42)48/h1-34,53-54H. The van der Waals surface area contributed by atoms with Gasteiger partial charge in [-0.3, -0.25) is 0 Å². The van der Waals surface area contributed by atoms with Gasteiger partial charge in [0.05, 0.1) is 11.4 Å². The van der Waals surface area contributed by atoms with Crippen LogP contribution in [0.15, 0.2) is 206 Å². The summed E-state index contributed by atoms with van der Waals surface area (Å²) in [5, 5.41) is 17.9. The maximum atomic E-state index is 3.99. The molecule has 254 valence electrons. The molecular weight excluding hydrogens is 653 g/mol. The summed E-state index contributed by atoms with van der Waals surface area (Å²) < 4.78 is 0. The number of hydrogen-bond donors (Lipinski definition) is 2. The third-order valence-electron chi connectivity index (χ3n) is 10.6. The highest BCUT2D eigenvalue weighted by Gasteiger charge is 2.18. The van der Waals surface area contributed by atoms with Gasteiger partial charge in [-0.25, -0.2) is 0 Å². The molecule has 0 saturated carbocycles. The molecule has 0 aromatic heterocycles. The molecule has 0 bridgehead atoms. The van der Waals surface area contributed by atoms with E-state index in [0.29, 0.717) is 0 Å². The van der Waals surface area contributed by atoms with Gasteiger partial charge in [-0.15, -0.1) is 0 Å². The lowest BCUT2D eigenvalue weighted by molar-refractivity contribution is 1.49. The lowest BCUT2D eigenvalue weighted by Gasteiger charge is -2.22. The molecule has 0 saturated heterocycles. The summed E-state index contributed by atoms with van der Waals surface area (Å²) in [4.78, 5) is 0. The van der Waals surface area contributed by atoms with Crippen molar-refractivity contribution < 1.29 is 0 Å². The van der Waals surface area contributed by atoms with E-state index in [2.05, 4.69) is 217 Å². The molecule has 0 amide bonds. The molecule has 2 nitrogen and oxygen atoms in total. The van der Waals surface area contributed by atoms with Crippen LogP contribution in [0.25, 0.3) is 76.5 Å². The van der Waals surface area contributed by atoms with E-state index in [1.54, 1.807) is 0 Å². The van der Waals surface area contributed by atoms with Crippen LogP contribution in [-0.4, -0.2) is 0 Å². The predicted molar refractivity (Wildman–Crippen MR) is 232 cm³/mol. The third kappa shape index (κ3) is 5.53. The van der Waals surface area contributed by atoms with Crippen LogP contribution in [0.3, 0.4) is 0 Å². The Hall–Kier alpha value is -7.16. The molecule has 0 unspecified atom stereocenters. The van der Waals surface area contributed by atoms with Crippen LogP contribution in [0.5, 0.6) is 0 Å². The second-order valence-electron chi connectivity index (χ2n) is 13.8. The van der Waals surface area contributed by atoms with Crippen LogP contribution in [0.4, 0.5) is 22.7 Å². The molecule has 0 heterocycles. The highest BCUT2D eigenvalue weighted by Crippen LogP contribution is 2.44. The van der Waals surface area contributed by atoms with Crippen molar-refractivity contribution in [3.63, 3.8) is 0 Å². The minimum Gasteiger partial charge on any atom is -0.353 e. The third-order valence-corrected chi connectivity index (χ3v) is 10.6. The van der Waals surface area contributed by atoms with Crippen molar-refractivity contribution in [2.24, 2.45) is 0 Å². The number of hydrogen-bond acceptors (Lipinski definition) is 2. The number of benzene rings is 10. The smallest absolute Gasteiger partial charge is 0.0703 e. The Bertz CT molecular complexity index is 3000. The van der Waals surface area contributed by atoms with E-state index < -0.39 is 0 Å². The molecule has 0 fully saturated rings.